The molecule has 166 valence electrons. The molecule has 8 heteroatoms. The third kappa shape index (κ3) is 6.87. The first-order valence-electron chi connectivity index (χ1n) is 9.69. The van der Waals surface area contributed by atoms with E-state index in [1.807, 2.05) is 0 Å². The van der Waals surface area contributed by atoms with Crippen molar-refractivity contribution >= 4 is 23.5 Å². The Kier molecular flexibility index (Phi) is 7.85. The Balaban J connectivity index is 2.29. The molecule has 0 heterocycles. The molecule has 0 fully saturated rings. The maximum absolute atomic E-state index is 13.4. The molecule has 0 bridgehead atoms. The molecule has 0 aromatic heterocycles. The molecule has 0 spiro atoms. The zero-order valence-corrected chi connectivity index (χ0v) is 17.9. The molecule has 2 aromatic carbocycles. The van der Waals surface area contributed by atoms with E-state index in [2.05, 4.69) is 5.32 Å². The van der Waals surface area contributed by atoms with Crippen molar-refractivity contribution in [1.82, 2.24) is 5.32 Å². The smallest absolute Gasteiger partial charge is 0.325 e. The van der Waals surface area contributed by atoms with Crippen molar-refractivity contribution in [3.63, 3.8) is 0 Å². The summed E-state index contributed by atoms with van der Waals surface area (Å²) in [6.45, 7) is 4.95. The molecule has 2 rings (SSSR count). The fourth-order valence-corrected chi connectivity index (χ4v) is 3.01. The molecular formula is C23H26F2N2O4. The van der Waals surface area contributed by atoms with Crippen LogP contribution in [-0.4, -0.2) is 37.5 Å². The van der Waals surface area contributed by atoms with Crippen LogP contribution in [0.15, 0.2) is 48.5 Å². The molecule has 0 saturated carbocycles. The summed E-state index contributed by atoms with van der Waals surface area (Å²) < 4.78 is 31.6. The highest BCUT2D eigenvalue weighted by Crippen LogP contribution is 2.24. The van der Waals surface area contributed by atoms with Gasteiger partial charge in [0.15, 0.2) is 0 Å². The number of halogens is 2. The van der Waals surface area contributed by atoms with Crippen LogP contribution in [0.5, 0.6) is 0 Å². The largest absolute Gasteiger partial charge is 0.468 e. The Morgan fingerprint density at radius 2 is 1.61 bits per heavy atom. The van der Waals surface area contributed by atoms with Crippen molar-refractivity contribution in [3.8, 4) is 0 Å². The van der Waals surface area contributed by atoms with E-state index in [0.29, 0.717) is 11.8 Å². The molecule has 31 heavy (non-hydrogen) atoms. The van der Waals surface area contributed by atoms with Crippen LogP contribution in [0, 0.1) is 17.0 Å². The fraction of sp³-hybridized carbons (Fsp3) is 0.348. The SMILES string of the molecule is COC(=O)CN(C(=O)[C@@H](NC(=O)Cc1cc(F)cc(F)c1)C(C)(C)C)c1ccccc1. The van der Waals surface area contributed by atoms with Crippen LogP contribution in [0.1, 0.15) is 26.3 Å². The van der Waals surface area contributed by atoms with Gasteiger partial charge in [-0.2, -0.15) is 0 Å². The standard InChI is InChI=1S/C23H26F2N2O4/c1-23(2,3)21(26-19(28)12-15-10-16(24)13-17(25)11-15)22(30)27(14-20(29)31-4)18-8-6-5-7-9-18/h5-11,13,21H,12,14H2,1-4H3,(H,26,28)/t21-/m1/s1. The highest BCUT2D eigenvalue weighted by Gasteiger charge is 2.37. The van der Waals surface area contributed by atoms with Crippen molar-refractivity contribution in [2.75, 3.05) is 18.6 Å². The lowest BCUT2D eigenvalue weighted by Gasteiger charge is -2.34. The van der Waals surface area contributed by atoms with Gasteiger partial charge in [-0.05, 0) is 35.2 Å². The lowest BCUT2D eigenvalue weighted by atomic mass is 9.85. The summed E-state index contributed by atoms with van der Waals surface area (Å²) in [4.78, 5) is 39.2. The lowest BCUT2D eigenvalue weighted by Crippen LogP contribution is -2.56. The van der Waals surface area contributed by atoms with E-state index in [9.17, 15) is 23.2 Å². The third-order valence-electron chi connectivity index (χ3n) is 4.55. The number of amides is 2. The van der Waals surface area contributed by atoms with Gasteiger partial charge in [-0.3, -0.25) is 19.3 Å². The third-order valence-corrected chi connectivity index (χ3v) is 4.55. The molecule has 2 amide bonds. The van der Waals surface area contributed by atoms with Crippen molar-refractivity contribution in [2.24, 2.45) is 5.41 Å². The first kappa shape index (κ1) is 24.0. The molecule has 0 saturated heterocycles. The first-order chi connectivity index (χ1) is 14.5. The molecule has 0 radical (unpaired) electrons. The summed E-state index contributed by atoms with van der Waals surface area (Å²) in [6, 6.07) is 10.4. The van der Waals surface area contributed by atoms with Gasteiger partial charge in [0.25, 0.3) is 5.91 Å². The Morgan fingerprint density at radius 1 is 1.03 bits per heavy atom. The number of nitrogens with one attached hydrogen (secondary N) is 1. The molecular weight excluding hydrogens is 406 g/mol. The maximum atomic E-state index is 13.4. The summed E-state index contributed by atoms with van der Waals surface area (Å²) in [7, 11) is 1.22. The molecule has 6 nitrogen and oxygen atoms in total. The monoisotopic (exact) mass is 432 g/mol. The number of esters is 1. The van der Waals surface area contributed by atoms with Crippen LogP contribution in [0.25, 0.3) is 0 Å². The van der Waals surface area contributed by atoms with Gasteiger partial charge < -0.3 is 10.1 Å². The number of para-hydroxylation sites is 1. The zero-order chi connectivity index (χ0) is 23.2. The zero-order valence-electron chi connectivity index (χ0n) is 17.9. The number of rotatable bonds is 7. The number of hydrogen-bond donors (Lipinski definition) is 1. The van der Waals surface area contributed by atoms with Crippen molar-refractivity contribution in [1.29, 1.82) is 0 Å². The van der Waals surface area contributed by atoms with Crippen LogP contribution >= 0.6 is 0 Å². The highest BCUT2D eigenvalue weighted by atomic mass is 19.1. The van der Waals surface area contributed by atoms with Gasteiger partial charge in [0, 0.05) is 11.8 Å². The summed E-state index contributed by atoms with van der Waals surface area (Å²) >= 11 is 0. The minimum Gasteiger partial charge on any atom is -0.468 e. The summed E-state index contributed by atoms with van der Waals surface area (Å²) in [5.74, 6) is -3.29. The van der Waals surface area contributed by atoms with Gasteiger partial charge in [-0.15, -0.1) is 0 Å². The van der Waals surface area contributed by atoms with Gasteiger partial charge in [-0.1, -0.05) is 39.0 Å². The minimum absolute atomic E-state index is 0.143. The van der Waals surface area contributed by atoms with Gasteiger partial charge in [-0.25, -0.2) is 8.78 Å². The fourth-order valence-electron chi connectivity index (χ4n) is 3.01. The molecule has 0 aliphatic carbocycles. The Morgan fingerprint density at radius 3 is 2.13 bits per heavy atom. The van der Waals surface area contributed by atoms with E-state index >= 15 is 0 Å². The number of carbonyl (C=O) groups is 3. The average Bonchev–Trinajstić information content (AvgIpc) is 2.68. The molecule has 2 aromatic rings. The normalized spacial score (nSPS) is 12.1. The van der Waals surface area contributed by atoms with Crippen molar-refractivity contribution < 1.29 is 27.9 Å². The first-order valence-corrected chi connectivity index (χ1v) is 9.69. The number of nitrogens with zero attached hydrogens (tertiary/aromatic N) is 1. The van der Waals surface area contributed by atoms with Crippen LogP contribution in [0.3, 0.4) is 0 Å². The second-order valence-electron chi connectivity index (χ2n) is 8.16. The van der Waals surface area contributed by atoms with Gasteiger partial charge in [0.05, 0.1) is 13.5 Å². The van der Waals surface area contributed by atoms with E-state index in [0.717, 1.165) is 12.1 Å². The second-order valence-corrected chi connectivity index (χ2v) is 8.16. The molecule has 0 aliphatic heterocycles. The Bertz CT molecular complexity index is 922. The van der Waals surface area contributed by atoms with E-state index < -0.39 is 40.9 Å². The van der Waals surface area contributed by atoms with Crippen LogP contribution in [-0.2, 0) is 25.5 Å². The Hall–Kier alpha value is -3.29. The van der Waals surface area contributed by atoms with E-state index in [-0.39, 0.29) is 18.5 Å². The molecule has 0 aliphatic rings. The van der Waals surface area contributed by atoms with Crippen LogP contribution < -0.4 is 10.2 Å². The number of anilines is 1. The predicted octanol–water partition coefficient (Wildman–Crippen LogP) is 3.24. The van der Waals surface area contributed by atoms with Crippen LogP contribution in [0.2, 0.25) is 0 Å². The highest BCUT2D eigenvalue weighted by molar-refractivity contribution is 6.02. The lowest BCUT2D eigenvalue weighted by molar-refractivity contribution is -0.140. The Labute approximate surface area is 180 Å². The number of ether oxygens (including phenoxy) is 1. The van der Waals surface area contributed by atoms with Gasteiger partial charge in [0.2, 0.25) is 5.91 Å². The summed E-state index contributed by atoms with van der Waals surface area (Å²) in [5, 5.41) is 2.66. The molecule has 1 N–H and O–H groups in total. The topological polar surface area (TPSA) is 75.7 Å². The van der Waals surface area contributed by atoms with Crippen molar-refractivity contribution in [2.45, 2.75) is 33.2 Å². The quantitative estimate of drug-likeness (QED) is 0.682. The van der Waals surface area contributed by atoms with E-state index in [1.54, 1.807) is 51.1 Å². The summed E-state index contributed by atoms with van der Waals surface area (Å²) in [6.07, 6.45) is -0.309. The number of benzene rings is 2. The van der Waals surface area contributed by atoms with Crippen molar-refractivity contribution in [3.05, 3.63) is 65.7 Å². The summed E-state index contributed by atoms with van der Waals surface area (Å²) in [5.41, 5.74) is -0.110. The minimum atomic E-state index is -1.01. The molecule has 1 atom stereocenters. The number of carbonyl (C=O) groups excluding carboxylic acids is 3. The predicted molar refractivity (Wildman–Crippen MR) is 112 cm³/mol. The number of methoxy groups -OCH3 is 1. The average molecular weight is 432 g/mol. The number of hydrogen-bond acceptors (Lipinski definition) is 4. The van der Waals surface area contributed by atoms with E-state index in [1.165, 1.54) is 12.0 Å². The van der Waals surface area contributed by atoms with Crippen LogP contribution in [0.4, 0.5) is 14.5 Å². The van der Waals surface area contributed by atoms with Gasteiger partial charge in [0.1, 0.15) is 24.2 Å². The maximum Gasteiger partial charge on any atom is 0.325 e. The van der Waals surface area contributed by atoms with E-state index in [4.69, 9.17) is 4.74 Å². The molecule has 0 unspecified atom stereocenters. The van der Waals surface area contributed by atoms with Gasteiger partial charge >= 0.3 is 5.97 Å². The second kappa shape index (κ2) is 10.1.